The molecule has 0 radical (unpaired) electrons. The third kappa shape index (κ3) is 4.22. The number of carbonyl (C=O) groups is 2. The van der Waals surface area contributed by atoms with Gasteiger partial charge in [0.15, 0.2) is 0 Å². The Bertz CT molecular complexity index is 690. The molecule has 152 valence electrons. The fraction of sp³-hybridized carbons (Fsp3) is 0.650. The Morgan fingerprint density at radius 1 is 1.00 bits per heavy atom. The largest absolute Gasteiger partial charge is 0.446 e. The topological polar surface area (TPSA) is 92.0 Å². The molecule has 2 N–H and O–H groups in total. The minimum atomic E-state index is -0.523. The molecule has 2 aliphatic heterocycles. The third-order valence-corrected chi connectivity index (χ3v) is 6.24. The molecule has 3 heterocycles. The van der Waals surface area contributed by atoms with Crippen LogP contribution in [-0.2, 0) is 4.74 Å². The van der Waals surface area contributed by atoms with E-state index in [4.69, 9.17) is 10.5 Å². The lowest BCUT2D eigenvalue weighted by atomic mass is 9.91. The first-order valence-electron chi connectivity index (χ1n) is 10.3. The number of piperazine rings is 1. The average molecular weight is 387 g/mol. The Morgan fingerprint density at radius 2 is 1.71 bits per heavy atom. The van der Waals surface area contributed by atoms with Crippen LogP contribution in [0.4, 0.5) is 10.5 Å². The van der Waals surface area contributed by atoms with Crippen LogP contribution >= 0.6 is 0 Å². The maximum absolute atomic E-state index is 12.5. The van der Waals surface area contributed by atoms with Crippen LogP contribution in [0, 0.1) is 0 Å². The van der Waals surface area contributed by atoms with Gasteiger partial charge in [-0.2, -0.15) is 0 Å². The van der Waals surface area contributed by atoms with Crippen molar-refractivity contribution in [2.75, 3.05) is 44.2 Å². The van der Waals surface area contributed by atoms with Crippen molar-refractivity contribution < 1.29 is 14.3 Å². The van der Waals surface area contributed by atoms with Gasteiger partial charge in [0, 0.05) is 58.2 Å². The molecule has 1 aliphatic carbocycles. The summed E-state index contributed by atoms with van der Waals surface area (Å²) in [5, 5.41) is 0. The Kier molecular flexibility index (Phi) is 5.66. The second-order valence-electron chi connectivity index (χ2n) is 7.94. The van der Waals surface area contributed by atoms with Crippen LogP contribution in [0.1, 0.15) is 42.6 Å². The molecule has 0 spiro atoms. The zero-order chi connectivity index (χ0) is 19.5. The number of hydrogen-bond donors (Lipinski definition) is 1. The molecule has 0 unspecified atom stereocenters. The normalized spacial score (nSPS) is 22.0. The van der Waals surface area contributed by atoms with Crippen molar-refractivity contribution in [2.24, 2.45) is 5.73 Å². The Balaban J connectivity index is 1.21. The highest BCUT2D eigenvalue weighted by atomic mass is 16.6. The van der Waals surface area contributed by atoms with E-state index in [9.17, 15) is 9.59 Å². The number of rotatable bonds is 4. The molecule has 8 heteroatoms. The predicted molar refractivity (Wildman–Crippen MR) is 105 cm³/mol. The highest BCUT2D eigenvalue weighted by Gasteiger charge is 2.31. The van der Waals surface area contributed by atoms with Crippen molar-refractivity contribution in [3.8, 4) is 0 Å². The Hall–Kier alpha value is -2.35. The highest BCUT2D eigenvalue weighted by molar-refractivity contribution is 5.90. The van der Waals surface area contributed by atoms with Gasteiger partial charge in [-0.1, -0.05) is 6.42 Å². The van der Waals surface area contributed by atoms with Crippen molar-refractivity contribution >= 4 is 17.7 Å². The molecule has 1 saturated carbocycles. The molecule has 1 aromatic heterocycles. The number of anilines is 1. The fourth-order valence-corrected chi connectivity index (χ4v) is 4.19. The van der Waals surface area contributed by atoms with Gasteiger partial charge in [-0.05, 0) is 25.0 Å². The van der Waals surface area contributed by atoms with E-state index in [2.05, 4.69) is 14.8 Å². The van der Waals surface area contributed by atoms with Gasteiger partial charge in [0.2, 0.25) is 0 Å². The van der Waals surface area contributed by atoms with Crippen LogP contribution in [-0.4, -0.2) is 78.2 Å². The van der Waals surface area contributed by atoms with Gasteiger partial charge in [-0.3, -0.25) is 9.69 Å². The number of primary amides is 1. The maximum atomic E-state index is 12.5. The van der Waals surface area contributed by atoms with E-state index < -0.39 is 5.91 Å². The number of hydrogen-bond acceptors (Lipinski definition) is 6. The van der Waals surface area contributed by atoms with E-state index in [-0.39, 0.29) is 17.9 Å². The van der Waals surface area contributed by atoms with Crippen molar-refractivity contribution in [2.45, 2.75) is 44.2 Å². The van der Waals surface area contributed by atoms with Crippen LogP contribution in [0.5, 0.6) is 0 Å². The first kappa shape index (κ1) is 19.0. The summed E-state index contributed by atoms with van der Waals surface area (Å²) in [7, 11) is 0. The molecule has 3 aliphatic rings. The van der Waals surface area contributed by atoms with Gasteiger partial charge in [0.05, 0.1) is 11.9 Å². The van der Waals surface area contributed by atoms with E-state index in [0.29, 0.717) is 0 Å². The van der Waals surface area contributed by atoms with Crippen LogP contribution in [0.25, 0.3) is 0 Å². The van der Waals surface area contributed by atoms with Crippen molar-refractivity contribution in [1.29, 1.82) is 0 Å². The second kappa shape index (κ2) is 8.34. The van der Waals surface area contributed by atoms with Crippen LogP contribution < -0.4 is 10.6 Å². The molecular weight excluding hydrogens is 358 g/mol. The maximum Gasteiger partial charge on any atom is 0.410 e. The van der Waals surface area contributed by atoms with Gasteiger partial charge < -0.3 is 20.3 Å². The molecule has 0 bridgehead atoms. The van der Waals surface area contributed by atoms with E-state index in [0.717, 1.165) is 63.8 Å². The fourth-order valence-electron chi connectivity index (χ4n) is 4.19. The first-order valence-corrected chi connectivity index (χ1v) is 10.3. The predicted octanol–water partition coefficient (Wildman–Crippen LogP) is 1.46. The van der Waals surface area contributed by atoms with Crippen molar-refractivity contribution in [1.82, 2.24) is 14.8 Å². The Labute approximate surface area is 165 Å². The average Bonchev–Trinajstić information content (AvgIpc) is 2.68. The summed E-state index contributed by atoms with van der Waals surface area (Å²) in [5.41, 5.74) is 6.46. The molecule has 0 atom stereocenters. The number of pyridine rings is 1. The number of amides is 2. The highest BCUT2D eigenvalue weighted by Crippen LogP contribution is 2.26. The number of ether oxygens (including phenoxy) is 1. The molecule has 8 nitrogen and oxygen atoms in total. The minimum absolute atomic E-state index is 0.0359. The minimum Gasteiger partial charge on any atom is -0.446 e. The van der Waals surface area contributed by atoms with Crippen molar-refractivity contribution in [3.63, 3.8) is 0 Å². The molecule has 28 heavy (non-hydrogen) atoms. The summed E-state index contributed by atoms with van der Waals surface area (Å²) >= 11 is 0. The zero-order valence-electron chi connectivity index (χ0n) is 16.3. The van der Waals surface area contributed by atoms with E-state index in [1.54, 1.807) is 12.3 Å². The third-order valence-electron chi connectivity index (χ3n) is 6.24. The summed E-state index contributed by atoms with van der Waals surface area (Å²) in [4.78, 5) is 34.3. The van der Waals surface area contributed by atoms with Crippen molar-refractivity contribution in [3.05, 3.63) is 24.0 Å². The molecular formula is C20H29N5O3. The lowest BCUT2D eigenvalue weighted by Crippen LogP contribution is -2.54. The van der Waals surface area contributed by atoms with Gasteiger partial charge in [0.1, 0.15) is 11.8 Å². The van der Waals surface area contributed by atoms with Gasteiger partial charge in [-0.15, -0.1) is 0 Å². The molecule has 1 aromatic rings. The zero-order valence-corrected chi connectivity index (χ0v) is 16.3. The van der Waals surface area contributed by atoms with Crippen LogP contribution in [0.2, 0.25) is 0 Å². The van der Waals surface area contributed by atoms with E-state index in [1.165, 1.54) is 19.3 Å². The monoisotopic (exact) mass is 387 g/mol. The number of carbonyl (C=O) groups excluding carboxylic acids is 2. The standard InChI is InChI=1S/C20H29N5O3/c21-19(26)18-5-4-16(14-22-18)23-8-6-17(7-9-23)28-20(27)25-12-10-24(11-13-25)15-2-1-3-15/h4-5,14-15,17H,1-3,6-13H2,(H2,21,26). The molecule has 2 amide bonds. The number of piperidine rings is 1. The second-order valence-corrected chi connectivity index (χ2v) is 7.94. The first-order chi connectivity index (χ1) is 13.6. The molecule has 2 saturated heterocycles. The SMILES string of the molecule is NC(=O)c1ccc(N2CCC(OC(=O)N3CCN(C4CCC4)CC3)CC2)cn1. The summed E-state index contributed by atoms with van der Waals surface area (Å²) in [6.07, 6.45) is 7.03. The summed E-state index contributed by atoms with van der Waals surface area (Å²) in [5.74, 6) is -0.523. The smallest absolute Gasteiger partial charge is 0.410 e. The quantitative estimate of drug-likeness (QED) is 0.841. The molecule has 0 aromatic carbocycles. The number of nitrogens with zero attached hydrogens (tertiary/aromatic N) is 4. The number of nitrogens with two attached hydrogens (primary N) is 1. The van der Waals surface area contributed by atoms with Gasteiger partial charge >= 0.3 is 6.09 Å². The number of aromatic nitrogens is 1. The van der Waals surface area contributed by atoms with E-state index >= 15 is 0 Å². The summed E-state index contributed by atoms with van der Waals surface area (Å²) < 4.78 is 5.77. The molecule has 4 rings (SSSR count). The Morgan fingerprint density at radius 3 is 2.25 bits per heavy atom. The van der Waals surface area contributed by atoms with Gasteiger partial charge in [0.25, 0.3) is 5.91 Å². The summed E-state index contributed by atoms with van der Waals surface area (Å²) in [6.45, 7) is 5.06. The van der Waals surface area contributed by atoms with E-state index in [1.807, 2.05) is 11.0 Å². The summed E-state index contributed by atoms with van der Waals surface area (Å²) in [6, 6.07) is 4.25. The van der Waals surface area contributed by atoms with Gasteiger partial charge in [-0.25, -0.2) is 9.78 Å². The van der Waals surface area contributed by atoms with Crippen LogP contribution in [0.15, 0.2) is 18.3 Å². The lowest BCUT2D eigenvalue weighted by molar-refractivity contribution is 0.0230. The van der Waals surface area contributed by atoms with Crippen LogP contribution in [0.3, 0.4) is 0 Å². The molecule has 3 fully saturated rings. The lowest BCUT2D eigenvalue weighted by Gasteiger charge is -2.43.